The van der Waals surface area contributed by atoms with Gasteiger partial charge in [0.2, 0.25) is 0 Å². The molecule has 2 heterocycles. The van der Waals surface area contributed by atoms with Crippen LogP contribution in [-0.4, -0.2) is 63.8 Å². The molecule has 28 heavy (non-hydrogen) atoms. The molecule has 0 bridgehead atoms. The van der Waals surface area contributed by atoms with Crippen LogP contribution in [-0.2, 0) is 13.6 Å². The standard InChI is InChI=1S/C19H27F2N7/c1-4-17(15-6-5-14(20)11-16(15)21)27-7-9-28(10-8-27)19(22-2)23-12-18-25-24-13-26(18)3/h5-6,11,13,17H,4,7-10,12H2,1-3H3,(H,22,23). The molecule has 1 aromatic heterocycles. The number of hydrogen-bond acceptors (Lipinski definition) is 4. The maximum Gasteiger partial charge on any atom is 0.194 e. The minimum absolute atomic E-state index is 0.0589. The number of benzene rings is 1. The summed E-state index contributed by atoms with van der Waals surface area (Å²) in [5.41, 5.74) is 0.558. The lowest BCUT2D eigenvalue weighted by Crippen LogP contribution is -2.53. The highest BCUT2D eigenvalue weighted by molar-refractivity contribution is 5.79. The van der Waals surface area contributed by atoms with Gasteiger partial charge in [-0.2, -0.15) is 0 Å². The van der Waals surface area contributed by atoms with Crippen LogP contribution < -0.4 is 5.32 Å². The van der Waals surface area contributed by atoms with E-state index in [-0.39, 0.29) is 6.04 Å². The molecule has 1 saturated heterocycles. The summed E-state index contributed by atoms with van der Waals surface area (Å²) in [6, 6.07) is 3.80. The fraction of sp³-hybridized carbons (Fsp3) is 0.526. The van der Waals surface area contributed by atoms with Crippen LogP contribution in [0.15, 0.2) is 29.5 Å². The average Bonchev–Trinajstić information content (AvgIpc) is 3.10. The molecule has 0 amide bonds. The fourth-order valence-electron chi connectivity index (χ4n) is 3.65. The van der Waals surface area contributed by atoms with Crippen molar-refractivity contribution in [2.45, 2.75) is 25.9 Å². The third kappa shape index (κ3) is 4.46. The van der Waals surface area contributed by atoms with Crippen molar-refractivity contribution in [2.24, 2.45) is 12.0 Å². The summed E-state index contributed by atoms with van der Waals surface area (Å²) in [5.74, 6) is 0.621. The first-order valence-corrected chi connectivity index (χ1v) is 9.51. The van der Waals surface area contributed by atoms with Gasteiger partial charge in [0.05, 0.1) is 6.54 Å². The third-order valence-corrected chi connectivity index (χ3v) is 5.18. The predicted octanol–water partition coefficient (Wildman–Crippen LogP) is 1.94. The summed E-state index contributed by atoms with van der Waals surface area (Å²) in [4.78, 5) is 8.80. The smallest absolute Gasteiger partial charge is 0.194 e. The van der Waals surface area contributed by atoms with Gasteiger partial charge in [-0.15, -0.1) is 10.2 Å². The molecule has 1 fully saturated rings. The van der Waals surface area contributed by atoms with Crippen molar-refractivity contribution >= 4 is 5.96 Å². The van der Waals surface area contributed by atoms with Gasteiger partial charge in [-0.3, -0.25) is 9.89 Å². The fourth-order valence-corrected chi connectivity index (χ4v) is 3.65. The van der Waals surface area contributed by atoms with Crippen LogP contribution in [0.5, 0.6) is 0 Å². The van der Waals surface area contributed by atoms with Gasteiger partial charge in [0.25, 0.3) is 0 Å². The van der Waals surface area contributed by atoms with Crippen LogP contribution in [0.4, 0.5) is 8.78 Å². The largest absolute Gasteiger partial charge is 0.349 e. The van der Waals surface area contributed by atoms with Crippen LogP contribution in [0, 0.1) is 11.6 Å². The molecule has 0 radical (unpaired) electrons. The molecule has 1 N–H and O–H groups in total. The lowest BCUT2D eigenvalue weighted by atomic mass is 10.0. The Kier molecular flexibility index (Phi) is 6.56. The van der Waals surface area contributed by atoms with Gasteiger partial charge < -0.3 is 14.8 Å². The van der Waals surface area contributed by atoms with Gasteiger partial charge in [-0.05, 0) is 12.5 Å². The van der Waals surface area contributed by atoms with Crippen LogP contribution >= 0.6 is 0 Å². The molecule has 1 unspecified atom stereocenters. The number of aromatic nitrogens is 3. The third-order valence-electron chi connectivity index (χ3n) is 5.18. The second kappa shape index (κ2) is 9.09. The Hall–Kier alpha value is -2.55. The molecule has 7 nitrogen and oxygen atoms in total. The lowest BCUT2D eigenvalue weighted by molar-refractivity contribution is 0.124. The topological polar surface area (TPSA) is 61.6 Å². The summed E-state index contributed by atoms with van der Waals surface area (Å²) >= 11 is 0. The lowest BCUT2D eigenvalue weighted by Gasteiger charge is -2.40. The number of aryl methyl sites for hydroxylation is 1. The van der Waals surface area contributed by atoms with Crippen LogP contribution in [0.25, 0.3) is 0 Å². The van der Waals surface area contributed by atoms with E-state index in [1.54, 1.807) is 19.4 Å². The van der Waals surface area contributed by atoms with E-state index < -0.39 is 11.6 Å². The molecule has 152 valence electrons. The van der Waals surface area contributed by atoms with E-state index in [1.165, 1.54) is 6.07 Å². The summed E-state index contributed by atoms with van der Waals surface area (Å²) in [6.07, 6.45) is 2.43. The second-order valence-corrected chi connectivity index (χ2v) is 6.87. The summed E-state index contributed by atoms with van der Waals surface area (Å²) in [7, 11) is 3.66. The van der Waals surface area contributed by atoms with Crippen molar-refractivity contribution in [3.63, 3.8) is 0 Å². The normalized spacial score (nSPS) is 17.0. The van der Waals surface area contributed by atoms with Crippen molar-refractivity contribution in [3.05, 3.63) is 47.5 Å². The number of halogens is 2. The van der Waals surface area contributed by atoms with E-state index in [2.05, 4.69) is 30.3 Å². The van der Waals surface area contributed by atoms with Gasteiger partial charge in [0.15, 0.2) is 11.8 Å². The van der Waals surface area contributed by atoms with Crippen molar-refractivity contribution < 1.29 is 8.78 Å². The number of nitrogens with one attached hydrogen (secondary N) is 1. The highest BCUT2D eigenvalue weighted by atomic mass is 19.1. The summed E-state index contributed by atoms with van der Waals surface area (Å²) in [5, 5.41) is 11.3. The molecule has 1 aliphatic rings. The van der Waals surface area contributed by atoms with E-state index in [0.717, 1.165) is 50.5 Å². The highest BCUT2D eigenvalue weighted by Gasteiger charge is 2.27. The van der Waals surface area contributed by atoms with Crippen LogP contribution in [0.1, 0.15) is 30.8 Å². The molecule has 3 rings (SSSR count). The van der Waals surface area contributed by atoms with E-state index in [1.807, 2.05) is 18.5 Å². The average molecular weight is 391 g/mol. The molecule has 2 aromatic rings. The summed E-state index contributed by atoms with van der Waals surface area (Å²) < 4.78 is 29.4. The number of hydrogen-bond donors (Lipinski definition) is 1. The van der Waals surface area contributed by atoms with Crippen LogP contribution in [0.2, 0.25) is 0 Å². The SMILES string of the molecule is CCC(c1ccc(F)cc1F)N1CCN(C(=NC)NCc2nncn2C)CC1. The number of nitrogens with zero attached hydrogens (tertiary/aromatic N) is 6. The predicted molar refractivity (Wildman–Crippen MR) is 104 cm³/mol. The van der Waals surface area contributed by atoms with E-state index in [0.29, 0.717) is 12.1 Å². The Balaban J connectivity index is 1.59. The first kappa shape index (κ1) is 20.2. The summed E-state index contributed by atoms with van der Waals surface area (Å²) in [6.45, 7) is 5.68. The van der Waals surface area contributed by atoms with Gasteiger partial charge in [0.1, 0.15) is 18.0 Å². The first-order chi connectivity index (χ1) is 13.5. The zero-order valence-electron chi connectivity index (χ0n) is 16.6. The Labute approximate surface area is 164 Å². The maximum atomic E-state index is 14.3. The molecule has 0 aliphatic carbocycles. The minimum atomic E-state index is -0.543. The molecular formula is C19H27F2N7. The molecule has 0 saturated carbocycles. The van der Waals surface area contributed by atoms with Crippen molar-refractivity contribution in [3.8, 4) is 0 Å². The van der Waals surface area contributed by atoms with Crippen molar-refractivity contribution in [2.75, 3.05) is 33.2 Å². The van der Waals surface area contributed by atoms with Gasteiger partial charge in [0, 0.05) is 57.9 Å². The van der Waals surface area contributed by atoms with Gasteiger partial charge >= 0.3 is 0 Å². The minimum Gasteiger partial charge on any atom is -0.349 e. The number of rotatable bonds is 5. The van der Waals surface area contributed by atoms with Gasteiger partial charge in [-0.25, -0.2) is 8.78 Å². The zero-order chi connectivity index (χ0) is 20.1. The molecule has 1 aromatic carbocycles. The second-order valence-electron chi connectivity index (χ2n) is 6.87. The molecule has 9 heteroatoms. The van der Waals surface area contributed by atoms with Gasteiger partial charge in [-0.1, -0.05) is 13.0 Å². The van der Waals surface area contributed by atoms with Crippen LogP contribution in [0.3, 0.4) is 0 Å². The van der Waals surface area contributed by atoms with E-state index in [9.17, 15) is 8.78 Å². The van der Waals surface area contributed by atoms with Crippen molar-refractivity contribution in [1.82, 2.24) is 29.9 Å². The van der Waals surface area contributed by atoms with E-state index in [4.69, 9.17) is 0 Å². The Morgan fingerprint density at radius 3 is 2.57 bits per heavy atom. The Morgan fingerprint density at radius 2 is 2.00 bits per heavy atom. The first-order valence-electron chi connectivity index (χ1n) is 9.51. The number of aliphatic imine (C=N–C) groups is 1. The highest BCUT2D eigenvalue weighted by Crippen LogP contribution is 2.28. The number of guanidine groups is 1. The maximum absolute atomic E-state index is 14.3. The molecular weight excluding hydrogens is 364 g/mol. The zero-order valence-corrected chi connectivity index (χ0v) is 16.6. The van der Waals surface area contributed by atoms with Crippen molar-refractivity contribution in [1.29, 1.82) is 0 Å². The Bertz CT molecular complexity index is 812. The monoisotopic (exact) mass is 391 g/mol. The quantitative estimate of drug-likeness (QED) is 0.624. The van der Waals surface area contributed by atoms with E-state index >= 15 is 0 Å². The molecule has 1 aliphatic heterocycles. The number of piperazine rings is 1. The molecule has 1 atom stereocenters. The molecule has 0 spiro atoms. The Morgan fingerprint density at radius 1 is 1.25 bits per heavy atom.